The van der Waals surface area contributed by atoms with Crippen LogP contribution < -0.4 is 0 Å². The molecule has 1 unspecified atom stereocenters. The molecule has 6 heteroatoms. The van der Waals surface area contributed by atoms with Crippen LogP contribution in [-0.4, -0.2) is 25.8 Å². The van der Waals surface area contributed by atoms with Gasteiger partial charge < -0.3 is 9.67 Å². The lowest BCUT2D eigenvalue weighted by atomic mass is 9.98. The molecule has 1 aliphatic rings. The number of hydrogen-bond donors (Lipinski definition) is 1. The van der Waals surface area contributed by atoms with Crippen molar-refractivity contribution in [2.24, 2.45) is 5.92 Å². The quantitative estimate of drug-likeness (QED) is 0.894. The number of fused-ring (bicyclic) bond motifs is 1. The topological polar surface area (TPSA) is 68.0 Å². The second-order valence-electron chi connectivity index (χ2n) is 4.63. The summed E-state index contributed by atoms with van der Waals surface area (Å²) in [4.78, 5) is 11.0. The number of hydrogen-bond acceptors (Lipinski definition) is 3. The van der Waals surface area contributed by atoms with Crippen LogP contribution in [0.15, 0.2) is 24.3 Å². The Labute approximate surface area is 108 Å². The molecule has 0 amide bonds. The highest BCUT2D eigenvalue weighted by Crippen LogP contribution is 2.26. The monoisotopic (exact) mass is 261 g/mol. The van der Waals surface area contributed by atoms with Crippen molar-refractivity contribution >= 4 is 5.97 Å². The fourth-order valence-corrected chi connectivity index (χ4v) is 2.38. The molecule has 19 heavy (non-hydrogen) atoms. The van der Waals surface area contributed by atoms with Gasteiger partial charge in [0.25, 0.3) is 0 Å². The lowest BCUT2D eigenvalue weighted by Crippen LogP contribution is -2.26. The predicted molar refractivity (Wildman–Crippen MR) is 64.9 cm³/mol. The Bertz CT molecular complexity index is 639. The zero-order valence-electron chi connectivity index (χ0n) is 10.1. The van der Waals surface area contributed by atoms with Gasteiger partial charge >= 0.3 is 5.97 Å². The van der Waals surface area contributed by atoms with Gasteiger partial charge in [-0.1, -0.05) is 12.1 Å². The molecule has 1 aliphatic heterocycles. The van der Waals surface area contributed by atoms with E-state index in [1.165, 1.54) is 12.1 Å². The van der Waals surface area contributed by atoms with Crippen LogP contribution >= 0.6 is 0 Å². The second-order valence-corrected chi connectivity index (χ2v) is 4.63. The minimum atomic E-state index is -0.804. The first kappa shape index (κ1) is 11.8. The van der Waals surface area contributed by atoms with Gasteiger partial charge in [-0.15, -0.1) is 10.2 Å². The molecule has 0 saturated carbocycles. The minimum Gasteiger partial charge on any atom is -0.481 e. The van der Waals surface area contributed by atoms with Crippen LogP contribution in [0.4, 0.5) is 4.39 Å². The van der Waals surface area contributed by atoms with Crippen LogP contribution in [-0.2, 0) is 17.8 Å². The molecular formula is C13H12FN3O2. The van der Waals surface area contributed by atoms with E-state index in [9.17, 15) is 9.18 Å². The summed E-state index contributed by atoms with van der Waals surface area (Å²) in [6.45, 7) is 0.547. The molecule has 5 nitrogen and oxygen atoms in total. The van der Waals surface area contributed by atoms with Crippen LogP contribution in [0.25, 0.3) is 11.4 Å². The number of carboxylic acids is 1. The Morgan fingerprint density at radius 2 is 2.26 bits per heavy atom. The molecule has 1 aromatic carbocycles. The number of nitrogens with zero attached hydrogens (tertiary/aromatic N) is 3. The van der Waals surface area contributed by atoms with Gasteiger partial charge in [0.05, 0.1) is 5.92 Å². The third kappa shape index (κ3) is 2.09. The van der Waals surface area contributed by atoms with Crippen LogP contribution in [0.3, 0.4) is 0 Å². The van der Waals surface area contributed by atoms with Crippen molar-refractivity contribution in [3.63, 3.8) is 0 Å². The fraction of sp³-hybridized carbons (Fsp3) is 0.308. The minimum absolute atomic E-state index is 0.325. The molecule has 0 bridgehead atoms. The smallest absolute Gasteiger partial charge is 0.307 e. The first-order valence-electron chi connectivity index (χ1n) is 6.06. The average molecular weight is 261 g/mol. The summed E-state index contributed by atoms with van der Waals surface area (Å²) < 4.78 is 15.1. The standard InChI is InChI=1S/C13H12FN3O2/c14-10-3-1-2-8(6-10)12-16-15-11-7-9(13(18)19)4-5-17(11)12/h1-3,6,9H,4-5,7H2,(H,18,19). The van der Waals surface area contributed by atoms with Crippen molar-refractivity contribution in [1.82, 2.24) is 14.8 Å². The molecule has 0 fully saturated rings. The van der Waals surface area contributed by atoms with Gasteiger partial charge in [0.15, 0.2) is 5.82 Å². The van der Waals surface area contributed by atoms with Crippen LogP contribution in [0.5, 0.6) is 0 Å². The lowest BCUT2D eigenvalue weighted by Gasteiger charge is -2.20. The highest BCUT2D eigenvalue weighted by molar-refractivity contribution is 5.70. The van der Waals surface area contributed by atoms with Gasteiger partial charge in [-0.2, -0.15) is 0 Å². The van der Waals surface area contributed by atoms with E-state index in [1.54, 1.807) is 12.1 Å². The molecule has 1 N–H and O–H groups in total. The Hall–Kier alpha value is -2.24. The second kappa shape index (κ2) is 4.46. The van der Waals surface area contributed by atoms with Crippen molar-refractivity contribution in [2.75, 3.05) is 0 Å². The van der Waals surface area contributed by atoms with E-state index < -0.39 is 11.9 Å². The number of carbonyl (C=O) groups is 1. The van der Waals surface area contributed by atoms with Gasteiger partial charge in [-0.3, -0.25) is 4.79 Å². The van der Waals surface area contributed by atoms with E-state index in [2.05, 4.69) is 10.2 Å². The normalized spacial score (nSPS) is 18.1. The van der Waals surface area contributed by atoms with Gasteiger partial charge in [0.1, 0.15) is 11.6 Å². The van der Waals surface area contributed by atoms with Crippen molar-refractivity contribution in [1.29, 1.82) is 0 Å². The van der Waals surface area contributed by atoms with Gasteiger partial charge in [0, 0.05) is 18.5 Å². The Kier molecular flexibility index (Phi) is 2.77. The van der Waals surface area contributed by atoms with Crippen molar-refractivity contribution in [2.45, 2.75) is 19.4 Å². The molecule has 3 rings (SSSR count). The molecule has 0 radical (unpaired) electrons. The zero-order chi connectivity index (χ0) is 13.4. The zero-order valence-corrected chi connectivity index (χ0v) is 10.1. The number of halogens is 1. The first-order chi connectivity index (χ1) is 9.15. The fourth-order valence-electron chi connectivity index (χ4n) is 2.38. The molecule has 0 spiro atoms. The summed E-state index contributed by atoms with van der Waals surface area (Å²) in [6.07, 6.45) is 0.917. The van der Waals surface area contributed by atoms with Crippen LogP contribution in [0, 0.1) is 11.7 Å². The summed E-state index contributed by atoms with van der Waals surface area (Å²) in [5.74, 6) is -0.288. The number of aliphatic carboxylic acids is 1. The maximum absolute atomic E-state index is 13.2. The number of aromatic nitrogens is 3. The molecular weight excluding hydrogens is 249 g/mol. The summed E-state index contributed by atoms with van der Waals surface area (Å²) in [7, 11) is 0. The van der Waals surface area contributed by atoms with E-state index in [1.807, 2.05) is 4.57 Å². The maximum atomic E-state index is 13.2. The molecule has 0 aliphatic carbocycles. The van der Waals surface area contributed by atoms with Crippen LogP contribution in [0.2, 0.25) is 0 Å². The van der Waals surface area contributed by atoms with E-state index in [4.69, 9.17) is 5.11 Å². The lowest BCUT2D eigenvalue weighted by molar-refractivity contribution is -0.142. The van der Waals surface area contributed by atoms with E-state index in [0.29, 0.717) is 36.6 Å². The molecule has 1 aromatic heterocycles. The Morgan fingerprint density at radius 1 is 1.42 bits per heavy atom. The van der Waals surface area contributed by atoms with Crippen LogP contribution in [0.1, 0.15) is 12.2 Å². The highest BCUT2D eigenvalue weighted by Gasteiger charge is 2.27. The number of benzene rings is 1. The van der Waals surface area contributed by atoms with E-state index in [0.717, 1.165) is 0 Å². The average Bonchev–Trinajstić information content (AvgIpc) is 2.81. The summed E-state index contributed by atoms with van der Waals surface area (Å²) in [5, 5.41) is 17.1. The number of carboxylic acid groups (broad SMARTS) is 1. The van der Waals surface area contributed by atoms with Crippen molar-refractivity contribution in [3.8, 4) is 11.4 Å². The largest absolute Gasteiger partial charge is 0.481 e. The molecule has 0 saturated heterocycles. The van der Waals surface area contributed by atoms with Gasteiger partial charge in [-0.05, 0) is 18.6 Å². The summed E-state index contributed by atoms with van der Waals surface area (Å²) in [5.41, 5.74) is 0.660. The van der Waals surface area contributed by atoms with E-state index in [-0.39, 0.29) is 5.82 Å². The van der Waals surface area contributed by atoms with Crippen molar-refractivity contribution in [3.05, 3.63) is 35.9 Å². The number of rotatable bonds is 2. The molecule has 1 atom stereocenters. The van der Waals surface area contributed by atoms with Gasteiger partial charge in [-0.25, -0.2) is 4.39 Å². The molecule has 98 valence electrons. The summed E-state index contributed by atoms with van der Waals surface area (Å²) in [6, 6.07) is 6.16. The predicted octanol–water partition coefficient (Wildman–Crippen LogP) is 1.73. The van der Waals surface area contributed by atoms with E-state index >= 15 is 0 Å². The third-order valence-electron chi connectivity index (χ3n) is 3.39. The van der Waals surface area contributed by atoms with Gasteiger partial charge in [0.2, 0.25) is 0 Å². The first-order valence-corrected chi connectivity index (χ1v) is 6.06. The SMILES string of the molecule is O=C(O)C1CCn2c(nnc2-c2cccc(F)c2)C1. The molecule has 2 aromatic rings. The summed E-state index contributed by atoms with van der Waals surface area (Å²) >= 11 is 0. The Balaban J connectivity index is 1.97. The van der Waals surface area contributed by atoms with Crippen molar-refractivity contribution < 1.29 is 14.3 Å². The Morgan fingerprint density at radius 3 is 3.00 bits per heavy atom. The highest BCUT2D eigenvalue weighted by atomic mass is 19.1. The molecule has 2 heterocycles. The third-order valence-corrected chi connectivity index (χ3v) is 3.39. The maximum Gasteiger partial charge on any atom is 0.307 e.